The average molecular weight is 537 g/mol. The monoisotopic (exact) mass is 537 g/mol. The smallest absolute Gasteiger partial charge is 0.478 e. The molecule has 2 aromatic carbocycles. The number of carboxylic acid groups (broad SMARTS) is 2. The van der Waals surface area contributed by atoms with Crippen molar-refractivity contribution >= 4 is 23.0 Å². The molecule has 0 fully saturated rings. The van der Waals surface area contributed by atoms with E-state index in [1.165, 1.54) is 42.6 Å². The number of pyridine rings is 1. The number of fused-ring (bicyclic) bond motifs is 1. The number of benzene rings is 2. The molecular weight excluding hydrogens is 519 g/mol. The van der Waals surface area contributed by atoms with E-state index < -0.39 is 24.1 Å². The van der Waals surface area contributed by atoms with Crippen LogP contribution < -0.4 is 4.74 Å². The summed E-state index contributed by atoms with van der Waals surface area (Å²) in [5.74, 6) is -2.72. The molecule has 0 bridgehead atoms. The van der Waals surface area contributed by atoms with Crippen LogP contribution in [0.15, 0.2) is 65.4 Å². The molecule has 0 unspecified atom stereocenters. The summed E-state index contributed by atoms with van der Waals surface area (Å²) < 4.78 is 51.1. The van der Waals surface area contributed by atoms with E-state index in [0.29, 0.717) is 39.3 Å². The molecule has 39 heavy (non-hydrogen) atoms. The summed E-state index contributed by atoms with van der Waals surface area (Å²) in [6.45, 7) is 3.46. The van der Waals surface area contributed by atoms with Crippen LogP contribution in [0.5, 0.6) is 5.75 Å². The van der Waals surface area contributed by atoms with Gasteiger partial charge in [0, 0.05) is 45.7 Å². The topological polar surface area (TPSA) is 128 Å². The molecule has 0 amide bonds. The van der Waals surface area contributed by atoms with E-state index in [0.717, 1.165) is 6.07 Å². The maximum absolute atomic E-state index is 13.3. The summed E-state index contributed by atoms with van der Waals surface area (Å²) in [6, 6.07) is 10.8. The number of nitrogens with zero attached hydrogens (tertiary/aromatic N) is 3. The van der Waals surface area contributed by atoms with Gasteiger partial charge in [0.25, 0.3) is 0 Å². The lowest BCUT2D eigenvalue weighted by molar-refractivity contribution is -0.274. The molecule has 0 radical (unpaired) electrons. The number of aromatic nitrogens is 3. The van der Waals surface area contributed by atoms with Gasteiger partial charge in [0.15, 0.2) is 0 Å². The summed E-state index contributed by atoms with van der Waals surface area (Å²) in [5, 5.41) is 23.0. The Balaban J connectivity index is 1.79. The van der Waals surface area contributed by atoms with Gasteiger partial charge in [0.1, 0.15) is 17.2 Å². The normalized spacial score (nSPS) is 11.6. The molecule has 0 aliphatic rings. The van der Waals surface area contributed by atoms with Gasteiger partial charge in [-0.3, -0.25) is 0 Å². The van der Waals surface area contributed by atoms with E-state index in [1.807, 2.05) is 0 Å². The Labute approximate surface area is 217 Å². The van der Waals surface area contributed by atoms with Crippen LogP contribution >= 0.6 is 0 Å². The highest BCUT2D eigenvalue weighted by molar-refractivity contribution is 6.00. The Bertz CT molecular complexity index is 1730. The first-order chi connectivity index (χ1) is 18.4. The zero-order valence-corrected chi connectivity index (χ0v) is 20.3. The first kappa shape index (κ1) is 25.5. The minimum atomic E-state index is -5.09. The molecule has 5 aromatic rings. The molecule has 2 N–H and O–H groups in total. The van der Waals surface area contributed by atoms with Gasteiger partial charge in [-0.05, 0) is 62.4 Å². The molecule has 3 heterocycles. The Morgan fingerprint density at radius 2 is 1.62 bits per heavy atom. The van der Waals surface area contributed by atoms with Gasteiger partial charge in [0.2, 0.25) is 0 Å². The van der Waals surface area contributed by atoms with E-state index >= 15 is 0 Å². The van der Waals surface area contributed by atoms with Crippen molar-refractivity contribution in [3.63, 3.8) is 0 Å². The first-order valence-corrected chi connectivity index (χ1v) is 11.3. The number of carboxylic acids is 2. The number of halogens is 3. The fourth-order valence-corrected chi connectivity index (χ4v) is 4.40. The Kier molecular flexibility index (Phi) is 6.09. The van der Waals surface area contributed by atoms with Crippen LogP contribution in [0.25, 0.3) is 39.0 Å². The second-order valence-corrected chi connectivity index (χ2v) is 8.62. The van der Waals surface area contributed by atoms with E-state index in [4.69, 9.17) is 4.52 Å². The quantitative estimate of drug-likeness (QED) is 0.260. The Morgan fingerprint density at radius 3 is 2.21 bits per heavy atom. The SMILES string of the molecule is Cc1noc(C)c1-c1cnc2c(c1)c(-c1ccc(C(=O)O)cc1OC(F)(F)F)cn2-c1ccc(C(=O)O)cc1. The number of rotatable bonds is 6. The zero-order valence-electron chi connectivity index (χ0n) is 20.3. The van der Waals surface area contributed by atoms with Crippen LogP contribution in [-0.4, -0.2) is 43.2 Å². The average Bonchev–Trinajstić information content (AvgIpc) is 3.42. The number of alkyl halides is 3. The van der Waals surface area contributed by atoms with Crippen molar-refractivity contribution in [2.75, 3.05) is 0 Å². The third-order valence-electron chi connectivity index (χ3n) is 6.10. The fraction of sp³-hybridized carbons (Fsp3) is 0.111. The maximum atomic E-state index is 13.3. The molecule has 0 spiro atoms. The van der Waals surface area contributed by atoms with Gasteiger partial charge >= 0.3 is 18.3 Å². The van der Waals surface area contributed by atoms with Crippen LogP contribution in [-0.2, 0) is 0 Å². The van der Waals surface area contributed by atoms with Gasteiger partial charge in [-0.15, -0.1) is 13.2 Å². The fourth-order valence-electron chi connectivity index (χ4n) is 4.40. The molecule has 5 rings (SSSR count). The number of aromatic carboxylic acids is 2. The van der Waals surface area contributed by atoms with Crippen molar-refractivity contribution in [1.29, 1.82) is 0 Å². The largest absolute Gasteiger partial charge is 0.573 e. The minimum Gasteiger partial charge on any atom is -0.478 e. The number of aryl methyl sites for hydroxylation is 2. The number of carbonyl (C=O) groups is 2. The van der Waals surface area contributed by atoms with Gasteiger partial charge < -0.3 is 24.0 Å². The van der Waals surface area contributed by atoms with Crippen molar-refractivity contribution in [2.24, 2.45) is 0 Å². The molecule has 0 aliphatic carbocycles. The van der Waals surface area contributed by atoms with E-state index in [-0.39, 0.29) is 22.3 Å². The molecule has 0 atom stereocenters. The van der Waals surface area contributed by atoms with Gasteiger partial charge in [0.05, 0.1) is 16.8 Å². The molecule has 3 aromatic heterocycles. The molecule has 0 saturated heterocycles. The molecule has 12 heteroatoms. The third kappa shape index (κ3) is 4.79. The highest BCUT2D eigenvalue weighted by Gasteiger charge is 2.33. The third-order valence-corrected chi connectivity index (χ3v) is 6.10. The Hall–Kier alpha value is -5.13. The minimum absolute atomic E-state index is 0.0269. The van der Waals surface area contributed by atoms with Crippen molar-refractivity contribution in [1.82, 2.24) is 14.7 Å². The van der Waals surface area contributed by atoms with Crippen LogP contribution in [0, 0.1) is 13.8 Å². The zero-order chi connectivity index (χ0) is 28.1. The van der Waals surface area contributed by atoms with Gasteiger partial charge in [-0.2, -0.15) is 0 Å². The van der Waals surface area contributed by atoms with Crippen LogP contribution in [0.4, 0.5) is 13.2 Å². The molecule has 0 aliphatic heterocycles. The van der Waals surface area contributed by atoms with Gasteiger partial charge in [-0.1, -0.05) is 5.16 Å². The summed E-state index contributed by atoms with van der Waals surface area (Å²) in [7, 11) is 0. The van der Waals surface area contributed by atoms with Crippen molar-refractivity contribution in [3.8, 4) is 33.7 Å². The van der Waals surface area contributed by atoms with E-state index in [1.54, 1.807) is 30.7 Å². The predicted molar refractivity (Wildman–Crippen MR) is 132 cm³/mol. The van der Waals surface area contributed by atoms with Gasteiger partial charge in [-0.25, -0.2) is 14.6 Å². The molecule has 0 saturated carbocycles. The standard InChI is InChI=1S/C27H18F3N3O6/c1-13-23(14(2)39-32-13)17-9-20-21(19-8-5-16(26(36)37)10-22(19)38-27(28,29)30)12-33(24(20)31-11-17)18-6-3-15(4-7-18)25(34)35/h3-12H,1-2H3,(H,34,35)(H,36,37). The Morgan fingerprint density at radius 1 is 0.949 bits per heavy atom. The van der Waals surface area contributed by atoms with Crippen LogP contribution in [0.3, 0.4) is 0 Å². The van der Waals surface area contributed by atoms with Crippen LogP contribution in [0.1, 0.15) is 32.2 Å². The predicted octanol–water partition coefficient (Wildman–Crippen LogP) is 6.26. The van der Waals surface area contributed by atoms with E-state index in [9.17, 15) is 33.0 Å². The van der Waals surface area contributed by atoms with Crippen LogP contribution in [0.2, 0.25) is 0 Å². The number of hydrogen-bond donors (Lipinski definition) is 2. The lowest BCUT2D eigenvalue weighted by atomic mass is 10.00. The highest BCUT2D eigenvalue weighted by atomic mass is 19.4. The number of hydrogen-bond acceptors (Lipinski definition) is 6. The molecule has 198 valence electrons. The van der Waals surface area contributed by atoms with Crippen molar-refractivity contribution in [3.05, 3.63) is 83.5 Å². The summed E-state index contributed by atoms with van der Waals surface area (Å²) in [5.41, 5.74) is 2.60. The van der Waals surface area contributed by atoms with Crippen molar-refractivity contribution < 1.29 is 42.2 Å². The highest BCUT2D eigenvalue weighted by Crippen LogP contribution is 2.41. The number of ether oxygens (including phenoxy) is 1. The summed E-state index contributed by atoms with van der Waals surface area (Å²) in [6.07, 6.45) is -1.98. The lowest BCUT2D eigenvalue weighted by Gasteiger charge is -2.14. The summed E-state index contributed by atoms with van der Waals surface area (Å²) in [4.78, 5) is 27.3. The second-order valence-electron chi connectivity index (χ2n) is 8.62. The van der Waals surface area contributed by atoms with E-state index in [2.05, 4.69) is 14.9 Å². The molecular formula is C27H18F3N3O6. The second kappa shape index (κ2) is 9.31. The summed E-state index contributed by atoms with van der Waals surface area (Å²) >= 11 is 0. The maximum Gasteiger partial charge on any atom is 0.573 e. The molecule has 9 nitrogen and oxygen atoms in total. The van der Waals surface area contributed by atoms with Crippen molar-refractivity contribution in [2.45, 2.75) is 20.2 Å². The lowest BCUT2D eigenvalue weighted by Crippen LogP contribution is -2.18. The first-order valence-electron chi connectivity index (χ1n) is 11.3.